The average molecular weight is 298 g/mol. The van der Waals surface area contributed by atoms with Crippen LogP contribution >= 0.6 is 0 Å². The summed E-state index contributed by atoms with van der Waals surface area (Å²) in [4.78, 5) is 16.1. The molecule has 0 saturated heterocycles. The smallest absolute Gasteiger partial charge is 0.315 e. The van der Waals surface area contributed by atoms with E-state index < -0.39 is 0 Å². The van der Waals surface area contributed by atoms with Crippen LogP contribution in [0.4, 0.5) is 4.79 Å². The summed E-state index contributed by atoms with van der Waals surface area (Å²) in [5.74, 6) is 0.845. The quantitative estimate of drug-likeness (QED) is 0.760. The fourth-order valence-corrected chi connectivity index (χ4v) is 2.33. The van der Waals surface area contributed by atoms with Gasteiger partial charge in [0, 0.05) is 30.9 Å². The molecule has 3 rings (SSSR count). The van der Waals surface area contributed by atoms with Crippen LogP contribution in [0.25, 0.3) is 11.0 Å². The summed E-state index contributed by atoms with van der Waals surface area (Å²) in [6, 6.07) is 7.54. The van der Waals surface area contributed by atoms with Crippen LogP contribution in [0, 0.1) is 0 Å². The SMILES string of the molecule is CCn1ccnc1CNC(=O)NCc1ccc2occc2c1. The molecule has 2 aromatic heterocycles. The molecule has 114 valence electrons. The normalized spacial score (nSPS) is 10.8. The maximum absolute atomic E-state index is 11.8. The molecule has 3 aromatic rings. The number of aryl methyl sites for hydroxylation is 1. The van der Waals surface area contributed by atoms with E-state index in [2.05, 4.69) is 15.6 Å². The van der Waals surface area contributed by atoms with Crippen LogP contribution in [0.3, 0.4) is 0 Å². The number of hydrogen-bond donors (Lipinski definition) is 2. The lowest BCUT2D eigenvalue weighted by Crippen LogP contribution is -2.35. The summed E-state index contributed by atoms with van der Waals surface area (Å²) in [5, 5.41) is 6.68. The number of carbonyl (C=O) groups is 1. The van der Waals surface area contributed by atoms with Crippen LogP contribution in [0.2, 0.25) is 0 Å². The summed E-state index contributed by atoms with van der Waals surface area (Å²) in [6.45, 7) is 3.75. The van der Waals surface area contributed by atoms with Crippen molar-refractivity contribution in [1.29, 1.82) is 0 Å². The number of amides is 2. The molecule has 0 aliphatic rings. The molecule has 2 amide bonds. The molecule has 0 spiro atoms. The maximum atomic E-state index is 11.8. The number of nitrogens with zero attached hydrogens (tertiary/aromatic N) is 2. The van der Waals surface area contributed by atoms with Crippen molar-refractivity contribution < 1.29 is 9.21 Å². The Kier molecular flexibility index (Phi) is 4.09. The number of furan rings is 1. The molecule has 0 atom stereocenters. The molecular formula is C16H18N4O2. The van der Waals surface area contributed by atoms with E-state index in [-0.39, 0.29) is 6.03 Å². The highest BCUT2D eigenvalue weighted by Gasteiger charge is 2.05. The summed E-state index contributed by atoms with van der Waals surface area (Å²) in [6.07, 6.45) is 5.29. The van der Waals surface area contributed by atoms with Gasteiger partial charge in [0.2, 0.25) is 0 Å². The first-order valence-electron chi connectivity index (χ1n) is 7.24. The first-order valence-corrected chi connectivity index (χ1v) is 7.24. The molecule has 0 fully saturated rings. The van der Waals surface area contributed by atoms with E-state index in [9.17, 15) is 4.79 Å². The number of nitrogens with one attached hydrogen (secondary N) is 2. The summed E-state index contributed by atoms with van der Waals surface area (Å²) < 4.78 is 7.28. The first kappa shape index (κ1) is 14.2. The van der Waals surface area contributed by atoms with Gasteiger partial charge in [0.15, 0.2) is 0 Å². The van der Waals surface area contributed by atoms with E-state index in [1.807, 2.05) is 42.0 Å². The highest BCUT2D eigenvalue weighted by molar-refractivity contribution is 5.78. The van der Waals surface area contributed by atoms with Gasteiger partial charge in [-0.3, -0.25) is 0 Å². The minimum atomic E-state index is -0.210. The van der Waals surface area contributed by atoms with E-state index in [0.717, 1.165) is 28.9 Å². The van der Waals surface area contributed by atoms with E-state index in [4.69, 9.17) is 4.42 Å². The topological polar surface area (TPSA) is 72.1 Å². The Morgan fingerprint density at radius 2 is 2.14 bits per heavy atom. The van der Waals surface area contributed by atoms with E-state index >= 15 is 0 Å². The van der Waals surface area contributed by atoms with Crippen molar-refractivity contribution >= 4 is 17.0 Å². The minimum Gasteiger partial charge on any atom is -0.464 e. The van der Waals surface area contributed by atoms with Crippen LogP contribution in [-0.4, -0.2) is 15.6 Å². The van der Waals surface area contributed by atoms with Crippen LogP contribution in [0.5, 0.6) is 0 Å². The van der Waals surface area contributed by atoms with Gasteiger partial charge in [-0.1, -0.05) is 6.07 Å². The number of imidazole rings is 1. The molecule has 2 N–H and O–H groups in total. The zero-order valence-electron chi connectivity index (χ0n) is 12.4. The van der Waals surface area contributed by atoms with Crippen molar-refractivity contribution in [1.82, 2.24) is 20.2 Å². The predicted molar refractivity (Wildman–Crippen MR) is 83.2 cm³/mol. The molecule has 22 heavy (non-hydrogen) atoms. The molecule has 0 saturated carbocycles. The van der Waals surface area contributed by atoms with Gasteiger partial charge < -0.3 is 19.6 Å². The number of urea groups is 1. The van der Waals surface area contributed by atoms with Gasteiger partial charge in [-0.05, 0) is 30.7 Å². The molecule has 6 heteroatoms. The highest BCUT2D eigenvalue weighted by Crippen LogP contribution is 2.16. The van der Waals surface area contributed by atoms with Gasteiger partial charge >= 0.3 is 6.03 Å². The van der Waals surface area contributed by atoms with Gasteiger partial charge in [-0.2, -0.15) is 0 Å². The number of aromatic nitrogens is 2. The summed E-state index contributed by atoms with van der Waals surface area (Å²) >= 11 is 0. The largest absolute Gasteiger partial charge is 0.464 e. The van der Waals surface area contributed by atoms with Crippen molar-refractivity contribution in [2.45, 2.75) is 26.6 Å². The standard InChI is InChI=1S/C16H18N4O2/c1-2-20-7-6-17-15(20)11-19-16(21)18-10-12-3-4-14-13(9-12)5-8-22-14/h3-9H,2,10-11H2,1H3,(H2,18,19,21). The van der Waals surface area contributed by atoms with Gasteiger partial charge in [0.25, 0.3) is 0 Å². The highest BCUT2D eigenvalue weighted by atomic mass is 16.3. The third-order valence-electron chi connectivity index (χ3n) is 3.52. The van der Waals surface area contributed by atoms with Crippen LogP contribution in [0.15, 0.2) is 47.3 Å². The molecule has 0 unspecified atom stereocenters. The van der Waals surface area contributed by atoms with Gasteiger partial charge in [-0.15, -0.1) is 0 Å². The van der Waals surface area contributed by atoms with Gasteiger partial charge in [0.1, 0.15) is 11.4 Å². The number of rotatable bonds is 5. The lowest BCUT2D eigenvalue weighted by molar-refractivity contribution is 0.239. The third kappa shape index (κ3) is 3.11. The minimum absolute atomic E-state index is 0.210. The summed E-state index contributed by atoms with van der Waals surface area (Å²) in [7, 11) is 0. The van der Waals surface area contributed by atoms with E-state index in [1.165, 1.54) is 0 Å². The van der Waals surface area contributed by atoms with E-state index in [1.54, 1.807) is 12.5 Å². The Morgan fingerprint density at radius 3 is 3.00 bits per heavy atom. The second kappa shape index (κ2) is 6.34. The molecule has 1 aromatic carbocycles. The van der Waals surface area contributed by atoms with Crippen molar-refractivity contribution in [3.8, 4) is 0 Å². The Balaban J connectivity index is 1.51. The van der Waals surface area contributed by atoms with Crippen molar-refractivity contribution in [2.75, 3.05) is 0 Å². The van der Waals surface area contributed by atoms with Crippen molar-refractivity contribution in [2.24, 2.45) is 0 Å². The van der Waals surface area contributed by atoms with Crippen molar-refractivity contribution in [3.63, 3.8) is 0 Å². The Bertz CT molecular complexity index is 775. The third-order valence-corrected chi connectivity index (χ3v) is 3.52. The van der Waals surface area contributed by atoms with E-state index in [0.29, 0.717) is 13.1 Å². The van der Waals surface area contributed by atoms with Gasteiger partial charge in [-0.25, -0.2) is 9.78 Å². The Morgan fingerprint density at radius 1 is 1.27 bits per heavy atom. The molecule has 0 aliphatic heterocycles. The van der Waals surface area contributed by atoms with Crippen LogP contribution in [-0.2, 0) is 19.6 Å². The second-order valence-electron chi connectivity index (χ2n) is 4.96. The number of benzene rings is 1. The molecular weight excluding hydrogens is 280 g/mol. The molecule has 6 nitrogen and oxygen atoms in total. The number of carbonyl (C=O) groups excluding carboxylic acids is 1. The first-order chi connectivity index (χ1) is 10.8. The fraction of sp³-hybridized carbons (Fsp3) is 0.250. The zero-order chi connectivity index (χ0) is 15.4. The predicted octanol–water partition coefficient (Wildman–Crippen LogP) is 2.65. The maximum Gasteiger partial charge on any atom is 0.315 e. The number of hydrogen-bond acceptors (Lipinski definition) is 3. The van der Waals surface area contributed by atoms with Gasteiger partial charge in [0.05, 0.1) is 12.8 Å². The Hall–Kier alpha value is -2.76. The summed E-state index contributed by atoms with van der Waals surface area (Å²) in [5.41, 5.74) is 1.87. The lowest BCUT2D eigenvalue weighted by atomic mass is 10.1. The van der Waals surface area contributed by atoms with Crippen LogP contribution < -0.4 is 10.6 Å². The Labute approximate surface area is 128 Å². The fourth-order valence-electron chi connectivity index (χ4n) is 2.33. The second-order valence-corrected chi connectivity index (χ2v) is 4.96. The molecule has 2 heterocycles. The zero-order valence-corrected chi connectivity index (χ0v) is 12.4. The average Bonchev–Trinajstić information content (AvgIpc) is 3.18. The molecule has 0 aliphatic carbocycles. The molecule has 0 bridgehead atoms. The number of fused-ring (bicyclic) bond motifs is 1. The van der Waals surface area contributed by atoms with Crippen LogP contribution in [0.1, 0.15) is 18.3 Å². The lowest BCUT2D eigenvalue weighted by Gasteiger charge is -2.08. The van der Waals surface area contributed by atoms with Crippen molar-refractivity contribution in [3.05, 3.63) is 54.3 Å². The monoisotopic (exact) mass is 298 g/mol. The molecule has 0 radical (unpaired) electrons.